The number of halogens is 3. The van der Waals surface area contributed by atoms with Gasteiger partial charge in [-0.25, -0.2) is 0 Å². The molecule has 2 atom stereocenters. The van der Waals surface area contributed by atoms with Gasteiger partial charge in [0.25, 0.3) is 0 Å². The zero-order valence-corrected chi connectivity index (χ0v) is 11.5. The molecule has 114 valence electrons. The third kappa shape index (κ3) is 3.20. The zero-order valence-electron chi connectivity index (χ0n) is 11.5. The Hall–Kier alpha value is -1.56. The van der Waals surface area contributed by atoms with Crippen LogP contribution in [0.5, 0.6) is 0 Å². The van der Waals surface area contributed by atoms with Crippen LogP contribution < -0.4 is 5.32 Å². The molecule has 1 fully saturated rings. The molecule has 1 N–H and O–H groups in total. The summed E-state index contributed by atoms with van der Waals surface area (Å²) in [7, 11) is 0. The summed E-state index contributed by atoms with van der Waals surface area (Å²) in [5.41, 5.74) is -0.313. The summed E-state index contributed by atoms with van der Waals surface area (Å²) >= 11 is 0. The number of hydrogen-bond donors (Lipinski definition) is 1. The fraction of sp³-hybridized carbons (Fsp3) is 0.533. The number of nitrogens with one attached hydrogen (secondary N) is 1. The van der Waals surface area contributed by atoms with E-state index in [9.17, 15) is 13.2 Å². The summed E-state index contributed by atoms with van der Waals surface area (Å²) in [6, 6.07) is 5.79. The van der Waals surface area contributed by atoms with Gasteiger partial charge in [-0.3, -0.25) is 4.99 Å². The molecule has 0 bridgehead atoms. The maximum absolute atomic E-state index is 13.0. The summed E-state index contributed by atoms with van der Waals surface area (Å²) in [4.78, 5) is 4.34. The van der Waals surface area contributed by atoms with Crippen molar-refractivity contribution < 1.29 is 17.9 Å². The SMILES string of the molecule is FC(F)(F)c1ccccc1CC1CN=C(C2CCCN2)O1. The average Bonchev–Trinajstić information content (AvgIpc) is 3.08. The molecule has 0 saturated carbocycles. The number of nitrogens with zero attached hydrogens (tertiary/aromatic N) is 1. The van der Waals surface area contributed by atoms with Crippen LogP contribution in [0.25, 0.3) is 0 Å². The van der Waals surface area contributed by atoms with Gasteiger partial charge in [0.1, 0.15) is 6.10 Å². The molecule has 1 aromatic carbocycles. The first-order valence-corrected chi connectivity index (χ1v) is 7.13. The minimum absolute atomic E-state index is 0.132. The van der Waals surface area contributed by atoms with Crippen LogP contribution >= 0.6 is 0 Å². The molecule has 2 aliphatic heterocycles. The summed E-state index contributed by atoms with van der Waals surface area (Å²) in [5.74, 6) is 0.655. The van der Waals surface area contributed by atoms with Crippen molar-refractivity contribution in [3.05, 3.63) is 35.4 Å². The third-order valence-electron chi connectivity index (χ3n) is 3.87. The molecule has 1 saturated heterocycles. The average molecular weight is 298 g/mol. The molecule has 21 heavy (non-hydrogen) atoms. The maximum atomic E-state index is 13.0. The molecule has 3 nitrogen and oxygen atoms in total. The molecule has 0 aliphatic carbocycles. The van der Waals surface area contributed by atoms with Crippen molar-refractivity contribution in [2.45, 2.75) is 37.6 Å². The van der Waals surface area contributed by atoms with Crippen molar-refractivity contribution in [2.75, 3.05) is 13.1 Å². The Morgan fingerprint density at radius 2 is 2.10 bits per heavy atom. The molecule has 2 heterocycles. The number of benzene rings is 1. The molecular formula is C15H17F3N2O. The van der Waals surface area contributed by atoms with Crippen LogP contribution in [0.1, 0.15) is 24.0 Å². The van der Waals surface area contributed by atoms with E-state index in [1.165, 1.54) is 12.1 Å². The van der Waals surface area contributed by atoms with Gasteiger partial charge in [0, 0.05) is 6.42 Å². The Morgan fingerprint density at radius 3 is 2.81 bits per heavy atom. The van der Waals surface area contributed by atoms with Crippen LogP contribution in [0.4, 0.5) is 13.2 Å². The number of rotatable bonds is 3. The number of aliphatic imine (C=N–C) groups is 1. The lowest BCUT2D eigenvalue weighted by atomic mass is 10.0. The molecule has 0 amide bonds. The molecule has 6 heteroatoms. The maximum Gasteiger partial charge on any atom is 0.416 e. The van der Waals surface area contributed by atoms with Gasteiger partial charge in [-0.2, -0.15) is 13.2 Å². The van der Waals surface area contributed by atoms with Gasteiger partial charge < -0.3 is 10.1 Å². The zero-order chi connectivity index (χ0) is 14.9. The van der Waals surface area contributed by atoms with Crippen LogP contribution in [0.15, 0.2) is 29.3 Å². The summed E-state index contributed by atoms with van der Waals surface area (Å²) in [6.45, 7) is 1.37. The van der Waals surface area contributed by atoms with Gasteiger partial charge in [-0.1, -0.05) is 18.2 Å². The van der Waals surface area contributed by atoms with E-state index in [-0.39, 0.29) is 24.1 Å². The first kappa shape index (κ1) is 14.4. The Kier molecular flexibility index (Phi) is 3.89. The molecule has 3 rings (SSSR count). The highest BCUT2D eigenvalue weighted by Crippen LogP contribution is 2.33. The van der Waals surface area contributed by atoms with Crippen molar-refractivity contribution in [3.8, 4) is 0 Å². The largest absolute Gasteiger partial charge is 0.474 e. The number of alkyl halides is 3. The Bertz CT molecular complexity index is 536. The van der Waals surface area contributed by atoms with Gasteiger partial charge in [-0.05, 0) is 31.0 Å². The van der Waals surface area contributed by atoms with E-state index in [1.807, 2.05) is 0 Å². The van der Waals surface area contributed by atoms with E-state index in [4.69, 9.17) is 4.74 Å². The minimum atomic E-state index is -4.33. The smallest absolute Gasteiger partial charge is 0.416 e. The molecule has 0 aromatic heterocycles. The quantitative estimate of drug-likeness (QED) is 0.931. The van der Waals surface area contributed by atoms with Crippen molar-refractivity contribution >= 4 is 5.90 Å². The lowest BCUT2D eigenvalue weighted by Crippen LogP contribution is -2.32. The lowest BCUT2D eigenvalue weighted by molar-refractivity contribution is -0.138. The standard InChI is InChI=1S/C15H17F3N2O/c16-15(17,18)12-5-2-1-4-10(12)8-11-9-20-14(21-11)13-6-3-7-19-13/h1-2,4-5,11,13,19H,3,6-9H2. The van der Waals surface area contributed by atoms with E-state index < -0.39 is 11.7 Å². The predicted molar refractivity (Wildman–Crippen MR) is 73.3 cm³/mol. The molecular weight excluding hydrogens is 281 g/mol. The van der Waals surface area contributed by atoms with Crippen molar-refractivity contribution in [1.82, 2.24) is 5.32 Å². The van der Waals surface area contributed by atoms with Crippen LogP contribution in [0, 0.1) is 0 Å². The van der Waals surface area contributed by atoms with Gasteiger partial charge in [0.15, 0.2) is 0 Å². The van der Waals surface area contributed by atoms with E-state index >= 15 is 0 Å². The van der Waals surface area contributed by atoms with Crippen molar-refractivity contribution in [1.29, 1.82) is 0 Å². The lowest BCUT2D eigenvalue weighted by Gasteiger charge is -2.17. The normalized spacial score (nSPS) is 25.8. The van der Waals surface area contributed by atoms with Crippen LogP contribution in [0.3, 0.4) is 0 Å². The van der Waals surface area contributed by atoms with Crippen LogP contribution in [0.2, 0.25) is 0 Å². The van der Waals surface area contributed by atoms with E-state index in [0.29, 0.717) is 12.4 Å². The Balaban J connectivity index is 1.66. The second-order valence-corrected chi connectivity index (χ2v) is 5.43. The highest BCUT2D eigenvalue weighted by molar-refractivity contribution is 5.83. The van der Waals surface area contributed by atoms with Crippen molar-refractivity contribution in [3.63, 3.8) is 0 Å². The van der Waals surface area contributed by atoms with E-state index in [0.717, 1.165) is 25.5 Å². The van der Waals surface area contributed by atoms with Gasteiger partial charge in [0.2, 0.25) is 5.90 Å². The number of hydrogen-bond acceptors (Lipinski definition) is 3. The fourth-order valence-corrected chi connectivity index (χ4v) is 2.85. The van der Waals surface area contributed by atoms with Gasteiger partial charge in [0.05, 0.1) is 18.2 Å². The molecule has 0 spiro atoms. The monoisotopic (exact) mass is 298 g/mol. The van der Waals surface area contributed by atoms with Crippen molar-refractivity contribution in [2.24, 2.45) is 4.99 Å². The summed E-state index contributed by atoms with van der Waals surface area (Å²) in [5, 5.41) is 3.28. The highest BCUT2D eigenvalue weighted by Gasteiger charge is 2.35. The van der Waals surface area contributed by atoms with Gasteiger partial charge >= 0.3 is 6.18 Å². The molecule has 0 radical (unpaired) electrons. The first-order chi connectivity index (χ1) is 10.0. The molecule has 2 unspecified atom stereocenters. The number of ether oxygens (including phenoxy) is 1. The van der Waals surface area contributed by atoms with E-state index in [2.05, 4.69) is 10.3 Å². The van der Waals surface area contributed by atoms with Crippen LogP contribution in [-0.4, -0.2) is 31.1 Å². The third-order valence-corrected chi connectivity index (χ3v) is 3.87. The molecule has 2 aliphatic rings. The Labute approximate surface area is 121 Å². The minimum Gasteiger partial charge on any atom is -0.474 e. The molecule has 1 aromatic rings. The fourth-order valence-electron chi connectivity index (χ4n) is 2.85. The topological polar surface area (TPSA) is 33.6 Å². The summed E-state index contributed by atoms with van der Waals surface area (Å²) in [6.07, 6.45) is -2.34. The predicted octanol–water partition coefficient (Wildman–Crippen LogP) is 2.80. The van der Waals surface area contributed by atoms with E-state index in [1.54, 1.807) is 6.07 Å². The highest BCUT2D eigenvalue weighted by atomic mass is 19.4. The van der Waals surface area contributed by atoms with Gasteiger partial charge in [-0.15, -0.1) is 0 Å². The van der Waals surface area contributed by atoms with Crippen LogP contribution in [-0.2, 0) is 17.3 Å². The summed E-state index contributed by atoms with van der Waals surface area (Å²) < 4.78 is 44.6. The second-order valence-electron chi connectivity index (χ2n) is 5.43. The first-order valence-electron chi connectivity index (χ1n) is 7.13. The Morgan fingerprint density at radius 1 is 1.29 bits per heavy atom. The second kappa shape index (κ2) is 5.67.